The molecular weight excluding hydrogens is 364 g/mol. The van der Waals surface area contributed by atoms with Crippen molar-refractivity contribution in [2.24, 2.45) is 0 Å². The van der Waals surface area contributed by atoms with Crippen LogP contribution in [0.3, 0.4) is 0 Å². The van der Waals surface area contributed by atoms with Crippen LogP contribution in [-0.4, -0.2) is 35.1 Å². The number of carbonyl (C=O) groups excluding carboxylic acids is 1. The topological polar surface area (TPSA) is 89.1 Å². The van der Waals surface area contributed by atoms with Gasteiger partial charge >= 0.3 is 0 Å². The number of amides is 1. The van der Waals surface area contributed by atoms with Crippen molar-refractivity contribution in [2.45, 2.75) is 0 Å². The van der Waals surface area contributed by atoms with Gasteiger partial charge in [0.05, 0.1) is 25.4 Å². The fourth-order valence-electron chi connectivity index (χ4n) is 2.71. The zero-order valence-electron chi connectivity index (χ0n) is 14.6. The number of aromatic nitrogens is 3. The number of rotatable bonds is 5. The molecule has 0 aliphatic carbocycles. The van der Waals surface area contributed by atoms with Crippen LogP contribution in [-0.2, 0) is 0 Å². The highest BCUT2D eigenvalue weighted by Crippen LogP contribution is 2.31. The minimum absolute atomic E-state index is 0.283. The van der Waals surface area contributed by atoms with Crippen molar-refractivity contribution in [3.8, 4) is 22.9 Å². The smallest absolute Gasteiger partial charge is 0.273 e. The van der Waals surface area contributed by atoms with Gasteiger partial charge < -0.3 is 14.5 Å². The van der Waals surface area contributed by atoms with Gasteiger partial charge in [0.15, 0.2) is 5.13 Å². The summed E-state index contributed by atoms with van der Waals surface area (Å²) in [7, 11) is 3.16. The molecule has 2 N–H and O–H groups in total. The average Bonchev–Trinajstić information content (AvgIpc) is 3.34. The number of ether oxygens (including phenoxy) is 2. The summed E-state index contributed by atoms with van der Waals surface area (Å²) in [5, 5.41) is 6.00. The lowest BCUT2D eigenvalue weighted by atomic mass is 10.2. The quantitative estimate of drug-likeness (QED) is 0.547. The number of carbonyl (C=O) groups is 1. The molecule has 0 unspecified atom stereocenters. The molecule has 3 aromatic heterocycles. The number of benzene rings is 1. The summed E-state index contributed by atoms with van der Waals surface area (Å²) in [5.74, 6) is 0.981. The Labute approximate surface area is 159 Å². The van der Waals surface area contributed by atoms with E-state index >= 15 is 0 Å². The largest absolute Gasteiger partial charge is 0.497 e. The third-order valence-electron chi connectivity index (χ3n) is 4.02. The molecule has 0 bridgehead atoms. The predicted octanol–water partition coefficient (Wildman–Crippen LogP) is 3.96. The van der Waals surface area contributed by atoms with Crippen LogP contribution in [0.25, 0.3) is 22.3 Å². The van der Waals surface area contributed by atoms with E-state index in [-0.39, 0.29) is 5.91 Å². The molecule has 0 saturated carbocycles. The van der Waals surface area contributed by atoms with E-state index in [0.717, 1.165) is 22.3 Å². The van der Waals surface area contributed by atoms with E-state index in [1.54, 1.807) is 32.5 Å². The second kappa shape index (κ2) is 7.08. The van der Waals surface area contributed by atoms with Crippen LogP contribution < -0.4 is 14.8 Å². The molecule has 0 spiro atoms. The van der Waals surface area contributed by atoms with Crippen LogP contribution in [0.1, 0.15) is 10.5 Å². The molecule has 7 nitrogen and oxygen atoms in total. The predicted molar refractivity (Wildman–Crippen MR) is 105 cm³/mol. The molecular formula is C19H16N4O3S. The minimum Gasteiger partial charge on any atom is -0.497 e. The van der Waals surface area contributed by atoms with Gasteiger partial charge in [0.1, 0.15) is 22.9 Å². The molecule has 136 valence electrons. The molecule has 3 heterocycles. The first-order valence-electron chi connectivity index (χ1n) is 8.11. The van der Waals surface area contributed by atoms with Crippen LogP contribution in [0.5, 0.6) is 11.5 Å². The fourth-order valence-corrected chi connectivity index (χ4v) is 3.41. The summed E-state index contributed by atoms with van der Waals surface area (Å²) in [6.45, 7) is 0. The second-order valence-corrected chi connectivity index (χ2v) is 6.54. The van der Waals surface area contributed by atoms with Gasteiger partial charge in [-0.15, -0.1) is 11.3 Å². The number of hydrogen-bond acceptors (Lipinski definition) is 6. The third kappa shape index (κ3) is 3.34. The Balaban J connectivity index is 1.59. The van der Waals surface area contributed by atoms with Crippen molar-refractivity contribution in [3.63, 3.8) is 0 Å². The van der Waals surface area contributed by atoms with E-state index in [1.807, 2.05) is 29.6 Å². The Bertz CT molecular complexity index is 1100. The van der Waals surface area contributed by atoms with Crippen LogP contribution in [0.2, 0.25) is 0 Å². The Morgan fingerprint density at radius 2 is 2.04 bits per heavy atom. The minimum atomic E-state index is -0.283. The highest BCUT2D eigenvalue weighted by atomic mass is 32.1. The third-order valence-corrected chi connectivity index (χ3v) is 4.78. The van der Waals surface area contributed by atoms with Gasteiger partial charge in [0, 0.05) is 23.0 Å². The van der Waals surface area contributed by atoms with Crippen molar-refractivity contribution in [3.05, 3.63) is 53.7 Å². The van der Waals surface area contributed by atoms with Crippen molar-refractivity contribution in [1.82, 2.24) is 15.0 Å². The fraction of sp³-hybridized carbons (Fsp3) is 0.105. The summed E-state index contributed by atoms with van der Waals surface area (Å²) in [6.07, 6.45) is 1.71. The van der Waals surface area contributed by atoms with E-state index in [9.17, 15) is 4.79 Å². The number of hydrogen-bond donors (Lipinski definition) is 2. The summed E-state index contributed by atoms with van der Waals surface area (Å²) in [5.41, 5.74) is 2.62. The standard InChI is InChI=1S/C19H16N4O3S/c1-25-12-7-11-8-14(21-17(11)16(9-12)26-2)18(24)23-19-22-15(10-27-19)13-5-3-4-6-20-13/h3-10,21H,1-2H3,(H,22,23,24). The second-order valence-electron chi connectivity index (χ2n) is 5.68. The van der Waals surface area contributed by atoms with E-state index in [1.165, 1.54) is 11.3 Å². The molecule has 8 heteroatoms. The lowest BCUT2D eigenvalue weighted by Crippen LogP contribution is -2.11. The van der Waals surface area contributed by atoms with Gasteiger partial charge in [-0.3, -0.25) is 15.1 Å². The molecule has 0 radical (unpaired) electrons. The number of H-pyrrole nitrogens is 1. The number of aromatic amines is 1. The van der Waals surface area contributed by atoms with Gasteiger partial charge in [-0.1, -0.05) is 6.07 Å². The van der Waals surface area contributed by atoms with E-state index in [4.69, 9.17) is 9.47 Å². The highest BCUT2D eigenvalue weighted by Gasteiger charge is 2.15. The van der Waals surface area contributed by atoms with E-state index in [2.05, 4.69) is 20.3 Å². The number of nitrogens with zero attached hydrogens (tertiary/aromatic N) is 2. The summed E-state index contributed by atoms with van der Waals surface area (Å²) < 4.78 is 10.6. The molecule has 4 aromatic rings. The van der Waals surface area contributed by atoms with Crippen molar-refractivity contribution < 1.29 is 14.3 Å². The first kappa shape index (κ1) is 17.0. The van der Waals surface area contributed by atoms with Gasteiger partial charge in [0.2, 0.25) is 0 Å². The molecule has 0 aliphatic rings. The van der Waals surface area contributed by atoms with Gasteiger partial charge in [0.25, 0.3) is 5.91 Å². The van der Waals surface area contributed by atoms with Crippen LogP contribution in [0.15, 0.2) is 48.0 Å². The normalized spacial score (nSPS) is 10.7. The van der Waals surface area contributed by atoms with E-state index < -0.39 is 0 Å². The number of anilines is 1. The summed E-state index contributed by atoms with van der Waals surface area (Å²) >= 11 is 1.35. The van der Waals surface area contributed by atoms with Crippen LogP contribution in [0, 0.1) is 0 Å². The molecule has 0 atom stereocenters. The lowest BCUT2D eigenvalue weighted by Gasteiger charge is -2.05. The molecule has 0 fully saturated rings. The van der Waals surface area contributed by atoms with E-state index in [0.29, 0.717) is 22.3 Å². The molecule has 4 rings (SSSR count). The molecule has 1 aromatic carbocycles. The SMILES string of the molecule is COc1cc(OC)c2[nH]c(C(=O)Nc3nc(-c4ccccn4)cs3)cc2c1. The van der Waals surface area contributed by atoms with Crippen molar-refractivity contribution >= 4 is 33.3 Å². The molecule has 1 amide bonds. The first-order chi connectivity index (χ1) is 13.2. The zero-order chi connectivity index (χ0) is 18.8. The highest BCUT2D eigenvalue weighted by molar-refractivity contribution is 7.14. The van der Waals surface area contributed by atoms with Gasteiger partial charge in [-0.25, -0.2) is 4.98 Å². The maximum Gasteiger partial charge on any atom is 0.273 e. The Morgan fingerprint density at radius 1 is 1.15 bits per heavy atom. The average molecular weight is 380 g/mol. The summed E-state index contributed by atoms with van der Waals surface area (Å²) in [4.78, 5) is 24.4. The number of nitrogens with one attached hydrogen (secondary N) is 2. The van der Waals surface area contributed by atoms with Gasteiger partial charge in [-0.2, -0.15) is 0 Å². The lowest BCUT2D eigenvalue weighted by molar-refractivity contribution is 0.102. The Kier molecular flexibility index (Phi) is 4.47. The van der Waals surface area contributed by atoms with Gasteiger partial charge in [-0.05, 0) is 24.3 Å². The number of pyridine rings is 1. The maximum absolute atomic E-state index is 12.6. The number of methoxy groups -OCH3 is 2. The monoisotopic (exact) mass is 380 g/mol. The number of thiazole rings is 1. The zero-order valence-corrected chi connectivity index (χ0v) is 15.5. The first-order valence-corrected chi connectivity index (χ1v) is 8.99. The van der Waals surface area contributed by atoms with Crippen LogP contribution in [0.4, 0.5) is 5.13 Å². The maximum atomic E-state index is 12.6. The molecule has 27 heavy (non-hydrogen) atoms. The molecule has 0 aliphatic heterocycles. The molecule has 0 saturated heterocycles. The summed E-state index contributed by atoms with van der Waals surface area (Å²) in [6, 6.07) is 11.0. The Hall–Kier alpha value is -3.39. The number of fused-ring (bicyclic) bond motifs is 1. The Morgan fingerprint density at radius 3 is 2.78 bits per heavy atom. The van der Waals surface area contributed by atoms with Crippen molar-refractivity contribution in [1.29, 1.82) is 0 Å². The van der Waals surface area contributed by atoms with Crippen molar-refractivity contribution in [2.75, 3.05) is 19.5 Å². The van der Waals surface area contributed by atoms with Crippen LogP contribution >= 0.6 is 11.3 Å².